The van der Waals surface area contributed by atoms with Crippen LogP contribution in [0.15, 0.2) is 17.1 Å². The van der Waals surface area contributed by atoms with Crippen molar-refractivity contribution in [2.75, 3.05) is 19.8 Å². The van der Waals surface area contributed by atoms with Crippen LogP contribution in [0.2, 0.25) is 0 Å². The molecule has 1 aliphatic heterocycles. The number of hydrogen-bond acceptors (Lipinski definition) is 5. The van der Waals surface area contributed by atoms with E-state index in [2.05, 4.69) is 10.1 Å². The number of aromatic amines is 1. The molecule has 0 atom stereocenters. The fourth-order valence-corrected chi connectivity index (χ4v) is 2.53. The molecule has 0 radical (unpaired) electrons. The van der Waals surface area contributed by atoms with Gasteiger partial charge in [0.25, 0.3) is 5.56 Å². The molecule has 7 heteroatoms. The molecule has 0 spiro atoms. The molecule has 0 saturated carbocycles. The fourth-order valence-electron chi connectivity index (χ4n) is 2.53. The highest BCUT2D eigenvalue weighted by molar-refractivity contribution is 5.88. The maximum absolute atomic E-state index is 12.3. The Balaban J connectivity index is 1.99. The summed E-state index contributed by atoms with van der Waals surface area (Å²) in [4.78, 5) is 26.9. The van der Waals surface area contributed by atoms with Gasteiger partial charge in [-0.3, -0.25) is 4.79 Å². The standard InChI is InChI=1S/C14H17N3O4/c1-2-21-14(19)10-8-15-12-7-11(16-17(12)13(10)18)9-3-5-20-6-4-9/h7-9,15H,2-6H2,1H3. The quantitative estimate of drug-likeness (QED) is 0.856. The molecule has 0 unspecified atom stereocenters. The second kappa shape index (κ2) is 5.69. The Labute approximate surface area is 120 Å². The molecule has 1 N–H and O–H groups in total. The molecule has 0 aliphatic carbocycles. The summed E-state index contributed by atoms with van der Waals surface area (Å²) in [6, 6.07) is 1.85. The first-order chi connectivity index (χ1) is 10.2. The predicted molar refractivity (Wildman–Crippen MR) is 74.6 cm³/mol. The lowest BCUT2D eigenvalue weighted by Gasteiger charge is -2.19. The van der Waals surface area contributed by atoms with Crippen LogP contribution in [0.25, 0.3) is 5.65 Å². The van der Waals surface area contributed by atoms with Crippen LogP contribution < -0.4 is 5.56 Å². The largest absolute Gasteiger partial charge is 0.462 e. The fraction of sp³-hybridized carbons (Fsp3) is 0.500. The lowest BCUT2D eigenvalue weighted by molar-refractivity contribution is 0.0523. The monoisotopic (exact) mass is 291 g/mol. The molecular weight excluding hydrogens is 274 g/mol. The first-order valence-electron chi connectivity index (χ1n) is 7.07. The molecule has 2 aromatic heterocycles. The third kappa shape index (κ3) is 2.56. The van der Waals surface area contributed by atoms with Crippen molar-refractivity contribution in [3.05, 3.63) is 33.9 Å². The van der Waals surface area contributed by atoms with Gasteiger partial charge in [-0.2, -0.15) is 9.61 Å². The van der Waals surface area contributed by atoms with Gasteiger partial charge in [-0.1, -0.05) is 0 Å². The average Bonchev–Trinajstić information content (AvgIpc) is 2.94. The van der Waals surface area contributed by atoms with E-state index in [4.69, 9.17) is 9.47 Å². The molecule has 21 heavy (non-hydrogen) atoms. The zero-order valence-electron chi connectivity index (χ0n) is 11.8. The molecule has 1 aliphatic rings. The minimum Gasteiger partial charge on any atom is -0.462 e. The second-order valence-electron chi connectivity index (χ2n) is 4.98. The van der Waals surface area contributed by atoms with Crippen LogP contribution in [-0.4, -0.2) is 40.4 Å². The third-order valence-corrected chi connectivity index (χ3v) is 3.65. The van der Waals surface area contributed by atoms with E-state index in [1.54, 1.807) is 6.92 Å². The highest BCUT2D eigenvalue weighted by Gasteiger charge is 2.21. The molecule has 0 aromatic carbocycles. The zero-order valence-corrected chi connectivity index (χ0v) is 11.8. The van der Waals surface area contributed by atoms with E-state index >= 15 is 0 Å². The molecular formula is C14H17N3O4. The highest BCUT2D eigenvalue weighted by atomic mass is 16.5. The second-order valence-corrected chi connectivity index (χ2v) is 4.98. The Hall–Kier alpha value is -2.15. The summed E-state index contributed by atoms with van der Waals surface area (Å²) >= 11 is 0. The summed E-state index contributed by atoms with van der Waals surface area (Å²) in [6.07, 6.45) is 3.16. The van der Waals surface area contributed by atoms with Crippen molar-refractivity contribution in [3.63, 3.8) is 0 Å². The number of esters is 1. The number of aromatic nitrogens is 3. The van der Waals surface area contributed by atoms with Crippen molar-refractivity contribution in [1.82, 2.24) is 14.6 Å². The maximum atomic E-state index is 12.3. The molecule has 2 aromatic rings. The Bertz CT molecular complexity index is 713. The molecule has 112 valence electrons. The summed E-state index contributed by atoms with van der Waals surface area (Å²) in [6.45, 7) is 3.34. The molecule has 1 fully saturated rings. The van der Waals surface area contributed by atoms with Gasteiger partial charge in [0.15, 0.2) is 0 Å². The number of ether oxygens (including phenoxy) is 2. The van der Waals surface area contributed by atoms with Crippen molar-refractivity contribution in [2.45, 2.75) is 25.7 Å². The number of rotatable bonds is 3. The van der Waals surface area contributed by atoms with E-state index in [0.29, 0.717) is 18.9 Å². The Morgan fingerprint density at radius 1 is 1.52 bits per heavy atom. The Morgan fingerprint density at radius 3 is 3.00 bits per heavy atom. The van der Waals surface area contributed by atoms with Crippen molar-refractivity contribution in [2.24, 2.45) is 0 Å². The molecule has 0 amide bonds. The van der Waals surface area contributed by atoms with E-state index < -0.39 is 11.5 Å². The van der Waals surface area contributed by atoms with E-state index in [1.165, 1.54) is 10.7 Å². The predicted octanol–water partition coefficient (Wildman–Crippen LogP) is 1.09. The Morgan fingerprint density at radius 2 is 2.29 bits per heavy atom. The summed E-state index contributed by atoms with van der Waals surface area (Å²) in [5.41, 5.74) is 0.939. The zero-order chi connectivity index (χ0) is 14.8. The van der Waals surface area contributed by atoms with Gasteiger partial charge in [-0.25, -0.2) is 4.79 Å². The van der Waals surface area contributed by atoms with Gasteiger partial charge < -0.3 is 14.5 Å². The summed E-state index contributed by atoms with van der Waals surface area (Å²) < 4.78 is 11.4. The van der Waals surface area contributed by atoms with Crippen LogP contribution >= 0.6 is 0 Å². The minimum absolute atomic E-state index is 0.0361. The number of carbonyl (C=O) groups excluding carboxylic acids is 1. The minimum atomic E-state index is -0.635. The number of carbonyl (C=O) groups is 1. The van der Waals surface area contributed by atoms with Gasteiger partial charge in [0.05, 0.1) is 12.3 Å². The van der Waals surface area contributed by atoms with Crippen LogP contribution in [0.1, 0.15) is 41.7 Å². The number of H-pyrrole nitrogens is 1. The van der Waals surface area contributed by atoms with E-state index in [9.17, 15) is 9.59 Å². The van der Waals surface area contributed by atoms with Gasteiger partial charge in [0, 0.05) is 31.4 Å². The highest BCUT2D eigenvalue weighted by Crippen LogP contribution is 2.25. The van der Waals surface area contributed by atoms with Crippen molar-refractivity contribution < 1.29 is 14.3 Å². The smallest absolute Gasteiger partial charge is 0.345 e. The van der Waals surface area contributed by atoms with Gasteiger partial charge >= 0.3 is 5.97 Å². The van der Waals surface area contributed by atoms with Crippen LogP contribution in [-0.2, 0) is 9.47 Å². The molecule has 7 nitrogen and oxygen atoms in total. The van der Waals surface area contributed by atoms with Crippen LogP contribution in [0.3, 0.4) is 0 Å². The maximum Gasteiger partial charge on any atom is 0.345 e. The van der Waals surface area contributed by atoms with Crippen LogP contribution in [0.4, 0.5) is 0 Å². The SMILES string of the molecule is CCOC(=O)c1c[nH]c2cc(C3CCOCC3)nn2c1=O. The number of nitrogens with one attached hydrogen (secondary N) is 1. The van der Waals surface area contributed by atoms with E-state index in [1.807, 2.05) is 6.07 Å². The molecule has 3 heterocycles. The van der Waals surface area contributed by atoms with Crippen LogP contribution in [0.5, 0.6) is 0 Å². The molecule has 0 bridgehead atoms. The third-order valence-electron chi connectivity index (χ3n) is 3.65. The van der Waals surface area contributed by atoms with Crippen molar-refractivity contribution in [1.29, 1.82) is 0 Å². The summed E-state index contributed by atoms with van der Waals surface area (Å²) in [5.74, 6) is -0.346. The summed E-state index contributed by atoms with van der Waals surface area (Å²) in [5, 5.41) is 4.35. The Kier molecular flexibility index (Phi) is 3.74. The number of fused-ring (bicyclic) bond motifs is 1. The normalized spacial score (nSPS) is 16.2. The van der Waals surface area contributed by atoms with Crippen molar-refractivity contribution >= 4 is 11.6 Å². The lowest BCUT2D eigenvalue weighted by Crippen LogP contribution is -2.24. The van der Waals surface area contributed by atoms with Gasteiger partial charge in [0.2, 0.25) is 0 Å². The van der Waals surface area contributed by atoms with E-state index in [-0.39, 0.29) is 18.1 Å². The summed E-state index contributed by atoms with van der Waals surface area (Å²) in [7, 11) is 0. The lowest BCUT2D eigenvalue weighted by atomic mass is 9.97. The van der Waals surface area contributed by atoms with Crippen molar-refractivity contribution in [3.8, 4) is 0 Å². The van der Waals surface area contributed by atoms with Gasteiger partial charge in [0.1, 0.15) is 11.2 Å². The first-order valence-corrected chi connectivity index (χ1v) is 7.07. The first kappa shape index (κ1) is 13.8. The molecule has 1 saturated heterocycles. The molecule has 3 rings (SSSR count). The number of nitrogens with zero attached hydrogens (tertiary/aromatic N) is 2. The number of hydrogen-bond donors (Lipinski definition) is 1. The topological polar surface area (TPSA) is 85.7 Å². The van der Waals surface area contributed by atoms with Gasteiger partial charge in [-0.05, 0) is 19.8 Å². The van der Waals surface area contributed by atoms with Crippen LogP contribution in [0, 0.1) is 0 Å². The average molecular weight is 291 g/mol. The van der Waals surface area contributed by atoms with Gasteiger partial charge in [-0.15, -0.1) is 0 Å². The van der Waals surface area contributed by atoms with E-state index in [0.717, 1.165) is 18.5 Å².